The number of hydrogen-bond acceptors (Lipinski definition) is 8. The molecule has 0 radical (unpaired) electrons. The molecule has 8 nitrogen and oxygen atoms in total. The van der Waals surface area contributed by atoms with E-state index in [0.29, 0.717) is 22.1 Å². The summed E-state index contributed by atoms with van der Waals surface area (Å²) in [6.07, 6.45) is 0. The van der Waals surface area contributed by atoms with Crippen LogP contribution in [-0.2, 0) is 0 Å². The van der Waals surface area contributed by atoms with Crippen LogP contribution in [0.4, 0.5) is 0 Å². The Morgan fingerprint density at radius 2 is 1.03 bits per heavy atom. The van der Waals surface area contributed by atoms with E-state index in [-0.39, 0.29) is 34.0 Å². The van der Waals surface area contributed by atoms with Gasteiger partial charge in [-0.1, -0.05) is 72.8 Å². The monoisotopic (exact) mass is 508 g/mol. The minimum atomic E-state index is -0.748. The Hall–Kier alpha value is -5.50. The van der Waals surface area contributed by atoms with Crippen molar-refractivity contribution in [2.45, 2.75) is 0 Å². The summed E-state index contributed by atoms with van der Waals surface area (Å²) in [5.41, 5.74) is 0.520. The Morgan fingerprint density at radius 3 is 1.63 bits per heavy atom. The van der Waals surface area contributed by atoms with Gasteiger partial charge in [0.15, 0.2) is 11.5 Å². The molecule has 0 saturated heterocycles. The molecule has 0 fully saturated rings. The van der Waals surface area contributed by atoms with E-state index in [1.807, 2.05) is 18.2 Å². The molecule has 0 spiro atoms. The summed E-state index contributed by atoms with van der Waals surface area (Å²) < 4.78 is 11.1. The SMILES string of the molecule is O=c1c(O)c(-c2ccccc2)oc2cc(O)cc(O)c12.O=c1c(O)c(-c2ccccc2)oc2ccccc12. The van der Waals surface area contributed by atoms with Gasteiger partial charge in [0, 0.05) is 23.3 Å². The van der Waals surface area contributed by atoms with Crippen LogP contribution in [0.25, 0.3) is 44.6 Å². The van der Waals surface area contributed by atoms with Gasteiger partial charge in [0.25, 0.3) is 0 Å². The van der Waals surface area contributed by atoms with E-state index in [9.17, 15) is 30.0 Å². The predicted molar refractivity (Wildman–Crippen MR) is 142 cm³/mol. The van der Waals surface area contributed by atoms with Crippen LogP contribution >= 0.6 is 0 Å². The van der Waals surface area contributed by atoms with Gasteiger partial charge >= 0.3 is 0 Å². The molecule has 2 heterocycles. The summed E-state index contributed by atoms with van der Waals surface area (Å²) in [6, 6.07) is 26.8. The Labute approximate surface area is 214 Å². The van der Waals surface area contributed by atoms with Gasteiger partial charge in [-0.15, -0.1) is 0 Å². The van der Waals surface area contributed by atoms with E-state index < -0.39 is 22.4 Å². The van der Waals surface area contributed by atoms with Gasteiger partial charge in [-0.3, -0.25) is 9.59 Å². The summed E-state index contributed by atoms with van der Waals surface area (Å²) in [7, 11) is 0. The Bertz CT molecular complexity index is 1890. The zero-order chi connectivity index (χ0) is 26.8. The molecule has 0 amide bonds. The molecule has 0 aliphatic rings. The molecule has 0 unspecified atom stereocenters. The van der Waals surface area contributed by atoms with E-state index >= 15 is 0 Å². The minimum absolute atomic E-state index is 0.00385. The van der Waals surface area contributed by atoms with Gasteiger partial charge in [0.2, 0.25) is 22.4 Å². The Morgan fingerprint density at radius 1 is 0.526 bits per heavy atom. The molecule has 188 valence electrons. The number of fused-ring (bicyclic) bond motifs is 2. The zero-order valence-corrected chi connectivity index (χ0v) is 19.7. The van der Waals surface area contributed by atoms with Crippen molar-refractivity contribution in [2.24, 2.45) is 0 Å². The van der Waals surface area contributed by atoms with Gasteiger partial charge in [0.1, 0.15) is 28.1 Å². The normalized spacial score (nSPS) is 10.7. The second kappa shape index (κ2) is 9.87. The molecule has 0 bridgehead atoms. The lowest BCUT2D eigenvalue weighted by Crippen LogP contribution is -2.02. The first-order valence-electron chi connectivity index (χ1n) is 11.4. The van der Waals surface area contributed by atoms with Gasteiger partial charge in [-0.05, 0) is 12.1 Å². The maximum Gasteiger partial charge on any atom is 0.238 e. The summed E-state index contributed by atoms with van der Waals surface area (Å²) in [5, 5.41) is 39.3. The molecule has 38 heavy (non-hydrogen) atoms. The topological polar surface area (TPSA) is 141 Å². The molecule has 0 aliphatic carbocycles. The highest BCUT2D eigenvalue weighted by Crippen LogP contribution is 2.34. The van der Waals surface area contributed by atoms with Crippen molar-refractivity contribution in [1.29, 1.82) is 0 Å². The fourth-order valence-electron chi connectivity index (χ4n) is 3.98. The van der Waals surface area contributed by atoms with E-state index in [4.69, 9.17) is 8.83 Å². The third-order valence-electron chi connectivity index (χ3n) is 5.78. The van der Waals surface area contributed by atoms with Crippen molar-refractivity contribution >= 4 is 21.9 Å². The molecule has 6 aromatic rings. The summed E-state index contributed by atoms with van der Waals surface area (Å²) in [4.78, 5) is 24.1. The van der Waals surface area contributed by atoms with Crippen LogP contribution in [0, 0.1) is 0 Å². The summed E-state index contributed by atoms with van der Waals surface area (Å²) in [5.74, 6) is -1.40. The molecular formula is C30H20O8. The van der Waals surface area contributed by atoms with E-state index in [1.54, 1.807) is 66.7 Å². The maximum absolute atomic E-state index is 12.1. The predicted octanol–water partition coefficient (Wildman–Crippen LogP) is 5.74. The fourth-order valence-corrected chi connectivity index (χ4v) is 3.98. The van der Waals surface area contributed by atoms with E-state index in [0.717, 1.165) is 6.07 Å². The number of aromatic hydroxyl groups is 4. The van der Waals surface area contributed by atoms with Crippen LogP contribution < -0.4 is 10.9 Å². The first kappa shape index (κ1) is 24.2. The summed E-state index contributed by atoms with van der Waals surface area (Å²) >= 11 is 0. The zero-order valence-electron chi connectivity index (χ0n) is 19.7. The highest BCUT2D eigenvalue weighted by molar-refractivity contribution is 5.88. The van der Waals surface area contributed by atoms with Crippen molar-refractivity contribution in [3.63, 3.8) is 0 Å². The molecule has 8 heteroatoms. The fraction of sp³-hybridized carbons (Fsp3) is 0. The number of rotatable bonds is 2. The number of para-hydroxylation sites is 1. The minimum Gasteiger partial charge on any atom is -0.508 e. The van der Waals surface area contributed by atoms with Gasteiger partial charge in [-0.25, -0.2) is 0 Å². The van der Waals surface area contributed by atoms with Gasteiger partial charge in [0.05, 0.1) is 5.39 Å². The molecule has 0 atom stereocenters. The highest BCUT2D eigenvalue weighted by atomic mass is 16.4. The number of benzene rings is 4. The van der Waals surface area contributed by atoms with Gasteiger partial charge in [-0.2, -0.15) is 0 Å². The van der Waals surface area contributed by atoms with Crippen LogP contribution in [0.1, 0.15) is 0 Å². The first-order chi connectivity index (χ1) is 18.3. The lowest BCUT2D eigenvalue weighted by Gasteiger charge is -2.07. The molecule has 4 aromatic carbocycles. The number of hydrogen-bond donors (Lipinski definition) is 4. The average molecular weight is 508 g/mol. The molecule has 2 aromatic heterocycles. The molecule has 0 saturated carbocycles. The first-order valence-corrected chi connectivity index (χ1v) is 11.4. The molecule has 6 rings (SSSR count). The summed E-state index contributed by atoms with van der Waals surface area (Å²) in [6.45, 7) is 0. The quantitative estimate of drug-likeness (QED) is 0.232. The van der Waals surface area contributed by atoms with Crippen LogP contribution in [-0.4, -0.2) is 20.4 Å². The van der Waals surface area contributed by atoms with Crippen molar-refractivity contribution < 1.29 is 29.3 Å². The second-order valence-corrected chi connectivity index (χ2v) is 8.28. The van der Waals surface area contributed by atoms with Crippen molar-refractivity contribution in [1.82, 2.24) is 0 Å². The van der Waals surface area contributed by atoms with E-state index in [1.165, 1.54) is 6.07 Å². The largest absolute Gasteiger partial charge is 0.508 e. The van der Waals surface area contributed by atoms with Crippen LogP contribution in [0.5, 0.6) is 23.0 Å². The van der Waals surface area contributed by atoms with Crippen LogP contribution in [0.2, 0.25) is 0 Å². The number of phenolic OH excluding ortho intramolecular Hbond substituents is 2. The molecule has 0 aliphatic heterocycles. The third kappa shape index (κ3) is 4.42. The third-order valence-corrected chi connectivity index (χ3v) is 5.78. The van der Waals surface area contributed by atoms with Crippen molar-refractivity contribution in [2.75, 3.05) is 0 Å². The molecule has 4 N–H and O–H groups in total. The van der Waals surface area contributed by atoms with Gasteiger partial charge < -0.3 is 29.3 Å². The lowest BCUT2D eigenvalue weighted by atomic mass is 10.1. The highest BCUT2D eigenvalue weighted by Gasteiger charge is 2.18. The van der Waals surface area contributed by atoms with Crippen molar-refractivity contribution in [3.05, 3.63) is 118 Å². The van der Waals surface area contributed by atoms with Crippen LogP contribution in [0.15, 0.2) is 115 Å². The van der Waals surface area contributed by atoms with Crippen molar-refractivity contribution in [3.8, 4) is 45.6 Å². The number of phenols is 2. The van der Waals surface area contributed by atoms with Crippen LogP contribution in [0.3, 0.4) is 0 Å². The molecular weight excluding hydrogens is 488 g/mol. The maximum atomic E-state index is 12.1. The smallest absolute Gasteiger partial charge is 0.238 e. The standard InChI is InChI=1S/C15H10O5.C15H10O3/c16-9-6-10(17)12-11(7-9)20-15(14(19)13(12)18)8-4-2-1-3-5-8;16-13-11-8-4-5-9-12(11)18-15(14(13)17)10-6-2-1-3-7-10/h1-7,16-17,19H;1-9,17H. The lowest BCUT2D eigenvalue weighted by molar-refractivity contribution is 0.438. The van der Waals surface area contributed by atoms with E-state index in [2.05, 4.69) is 0 Å². The Balaban J connectivity index is 0.000000156. The Kier molecular flexibility index (Phi) is 6.28. The average Bonchev–Trinajstić information content (AvgIpc) is 2.93. The second-order valence-electron chi connectivity index (χ2n) is 8.28.